The highest BCUT2D eigenvalue weighted by Gasteiger charge is 2.34. The van der Waals surface area contributed by atoms with Crippen LogP contribution in [0.5, 0.6) is 5.75 Å². The van der Waals surface area contributed by atoms with Gasteiger partial charge in [0.2, 0.25) is 0 Å². The number of aryl methyl sites for hydroxylation is 2. The second-order valence-electron chi connectivity index (χ2n) is 8.56. The minimum Gasteiger partial charge on any atom is -0.489 e. The van der Waals surface area contributed by atoms with E-state index in [9.17, 15) is 0 Å². The molecule has 1 aromatic rings. The van der Waals surface area contributed by atoms with Crippen molar-refractivity contribution in [3.63, 3.8) is 0 Å². The van der Waals surface area contributed by atoms with Gasteiger partial charge in [-0.25, -0.2) is 0 Å². The summed E-state index contributed by atoms with van der Waals surface area (Å²) >= 11 is 0. The molecule has 1 atom stereocenters. The zero-order chi connectivity index (χ0) is 18.1. The average molecular weight is 341 g/mol. The van der Waals surface area contributed by atoms with Crippen molar-refractivity contribution < 1.29 is 4.74 Å². The third-order valence-corrected chi connectivity index (χ3v) is 7.36. The fourth-order valence-corrected chi connectivity index (χ4v) is 4.73. The van der Waals surface area contributed by atoms with Crippen molar-refractivity contribution in [2.45, 2.75) is 58.3 Å². The van der Waals surface area contributed by atoms with Crippen molar-refractivity contribution in [3.05, 3.63) is 65.3 Å². The quantitative estimate of drug-likeness (QED) is 0.433. The van der Waals surface area contributed by atoms with Gasteiger partial charge in [-0.1, -0.05) is 82.1 Å². The predicted molar refractivity (Wildman–Crippen MR) is 109 cm³/mol. The Balaban J connectivity index is 2.50. The van der Waals surface area contributed by atoms with Crippen LogP contribution in [0.15, 0.2) is 48.6 Å². The second kappa shape index (κ2) is 6.76. The van der Waals surface area contributed by atoms with Gasteiger partial charge in [0, 0.05) is 11.0 Å². The van der Waals surface area contributed by atoms with E-state index in [1.165, 1.54) is 22.3 Å². The van der Waals surface area contributed by atoms with E-state index in [2.05, 4.69) is 84.3 Å². The van der Waals surface area contributed by atoms with Gasteiger partial charge in [0.15, 0.2) is 0 Å². The molecule has 1 nitrogen and oxygen atoms in total. The molecule has 0 aromatic heterocycles. The van der Waals surface area contributed by atoms with Crippen LogP contribution in [0.4, 0.5) is 0 Å². The third kappa shape index (κ3) is 3.75. The number of rotatable bonds is 6. The summed E-state index contributed by atoms with van der Waals surface area (Å²) in [5.74, 6) is 1.01. The molecule has 130 valence electrons. The van der Waals surface area contributed by atoms with Crippen molar-refractivity contribution in [1.29, 1.82) is 0 Å². The lowest BCUT2D eigenvalue weighted by Gasteiger charge is -2.30. The Morgan fingerprint density at radius 3 is 2.42 bits per heavy atom. The number of allylic oxidation sites excluding steroid dienone is 4. The summed E-state index contributed by atoms with van der Waals surface area (Å²) in [6, 6.07) is 4.48. The zero-order valence-electron chi connectivity index (χ0n) is 16.4. The molecule has 1 aromatic carbocycles. The first-order chi connectivity index (χ1) is 11.1. The van der Waals surface area contributed by atoms with Gasteiger partial charge in [-0.2, -0.15) is 0 Å². The summed E-state index contributed by atoms with van der Waals surface area (Å²) in [4.78, 5) is 0. The van der Waals surface area contributed by atoms with Gasteiger partial charge < -0.3 is 4.74 Å². The molecule has 0 aliphatic heterocycles. The fraction of sp³-hybridized carbons (Fsp3) is 0.455. The lowest BCUT2D eigenvalue weighted by Crippen LogP contribution is -2.25. The Labute approximate surface area is 149 Å². The van der Waals surface area contributed by atoms with E-state index in [1.807, 2.05) is 6.08 Å². The maximum atomic E-state index is 6.05. The van der Waals surface area contributed by atoms with Crippen LogP contribution in [0, 0.1) is 13.8 Å². The van der Waals surface area contributed by atoms with Gasteiger partial charge in [-0.3, -0.25) is 0 Å². The van der Waals surface area contributed by atoms with E-state index >= 15 is 0 Å². The Kier molecular flexibility index (Phi) is 5.29. The standard InChI is InChI=1S/C22H32OSi/c1-9-12-23-21-17(3)13-16(2)14-20(21)22(4,5)18-10-11-19(15-18)24(6,7)8/h9-11,13-15,19H,1,12H2,2-8H3. The largest absolute Gasteiger partial charge is 0.489 e. The van der Waals surface area contributed by atoms with Crippen LogP contribution in [0.25, 0.3) is 0 Å². The summed E-state index contributed by atoms with van der Waals surface area (Å²) < 4.78 is 6.05. The van der Waals surface area contributed by atoms with E-state index in [4.69, 9.17) is 4.74 Å². The third-order valence-electron chi connectivity index (χ3n) is 5.00. The number of benzene rings is 1. The molecule has 2 rings (SSSR count). The van der Waals surface area contributed by atoms with Crippen molar-refractivity contribution in [1.82, 2.24) is 0 Å². The highest BCUT2D eigenvalue weighted by Crippen LogP contribution is 2.44. The monoisotopic (exact) mass is 340 g/mol. The van der Waals surface area contributed by atoms with Crippen molar-refractivity contribution in [2.75, 3.05) is 6.61 Å². The van der Waals surface area contributed by atoms with Gasteiger partial charge >= 0.3 is 0 Å². The van der Waals surface area contributed by atoms with Crippen molar-refractivity contribution in [2.24, 2.45) is 0 Å². The van der Waals surface area contributed by atoms with Gasteiger partial charge in [0.1, 0.15) is 12.4 Å². The Bertz CT molecular complexity index is 687. The molecule has 0 saturated heterocycles. The van der Waals surface area contributed by atoms with E-state index in [0.29, 0.717) is 12.1 Å². The highest BCUT2D eigenvalue weighted by molar-refractivity contribution is 6.78. The molecular formula is C22H32OSi. The molecule has 0 amide bonds. The predicted octanol–water partition coefficient (Wildman–Crippen LogP) is 6.35. The van der Waals surface area contributed by atoms with Gasteiger partial charge in [0.25, 0.3) is 0 Å². The van der Waals surface area contributed by atoms with Crippen molar-refractivity contribution in [3.8, 4) is 5.75 Å². The molecule has 24 heavy (non-hydrogen) atoms. The van der Waals surface area contributed by atoms with Gasteiger partial charge in [-0.15, -0.1) is 0 Å². The first-order valence-electron chi connectivity index (χ1n) is 8.83. The summed E-state index contributed by atoms with van der Waals surface area (Å²) in [5.41, 5.74) is 5.71. The maximum Gasteiger partial charge on any atom is 0.126 e. The summed E-state index contributed by atoms with van der Waals surface area (Å²) in [6.07, 6.45) is 9.03. The molecule has 1 aliphatic carbocycles. The molecule has 0 fully saturated rings. The number of ether oxygens (including phenoxy) is 1. The molecule has 0 radical (unpaired) electrons. The van der Waals surface area contributed by atoms with Crippen LogP contribution in [-0.4, -0.2) is 14.7 Å². The Morgan fingerprint density at radius 2 is 1.88 bits per heavy atom. The van der Waals surface area contributed by atoms with Crippen molar-refractivity contribution >= 4 is 8.07 Å². The topological polar surface area (TPSA) is 9.23 Å². The molecule has 2 heteroatoms. The van der Waals surface area contributed by atoms with Crippen LogP contribution in [0.3, 0.4) is 0 Å². The molecule has 0 saturated carbocycles. The highest BCUT2D eigenvalue weighted by atomic mass is 28.3. The summed E-state index contributed by atoms with van der Waals surface area (Å²) in [5, 5.41) is 0. The lowest BCUT2D eigenvalue weighted by atomic mass is 9.76. The molecule has 1 unspecified atom stereocenters. The van der Waals surface area contributed by atoms with Crippen LogP contribution in [-0.2, 0) is 5.41 Å². The fourth-order valence-electron chi connectivity index (χ4n) is 3.38. The molecular weight excluding hydrogens is 308 g/mol. The Hall–Kier alpha value is -1.54. The average Bonchev–Trinajstić information content (AvgIpc) is 2.96. The van der Waals surface area contributed by atoms with Gasteiger partial charge in [0.05, 0.1) is 8.07 Å². The lowest BCUT2D eigenvalue weighted by molar-refractivity contribution is 0.350. The molecule has 0 spiro atoms. The SMILES string of the molecule is C=CCOc1c(C)cc(C)cc1C(C)(C)C1=CC([Si](C)(C)C)C=C1. The molecule has 0 heterocycles. The molecule has 0 N–H and O–H groups in total. The zero-order valence-corrected chi connectivity index (χ0v) is 17.4. The molecule has 0 bridgehead atoms. The van der Waals surface area contributed by atoms with Crippen LogP contribution < -0.4 is 4.74 Å². The van der Waals surface area contributed by atoms with Crippen LogP contribution >= 0.6 is 0 Å². The van der Waals surface area contributed by atoms with E-state index in [-0.39, 0.29) is 5.41 Å². The van der Waals surface area contributed by atoms with Crippen LogP contribution in [0.1, 0.15) is 30.5 Å². The van der Waals surface area contributed by atoms with E-state index in [0.717, 1.165) is 5.75 Å². The van der Waals surface area contributed by atoms with E-state index < -0.39 is 8.07 Å². The van der Waals surface area contributed by atoms with Crippen LogP contribution in [0.2, 0.25) is 25.2 Å². The first kappa shape index (κ1) is 18.8. The second-order valence-corrected chi connectivity index (χ2v) is 14.0. The number of hydrogen-bond acceptors (Lipinski definition) is 1. The minimum absolute atomic E-state index is 0.0712. The first-order valence-corrected chi connectivity index (χ1v) is 12.4. The smallest absolute Gasteiger partial charge is 0.126 e. The maximum absolute atomic E-state index is 6.05. The minimum atomic E-state index is -1.21. The summed E-state index contributed by atoms with van der Waals surface area (Å²) in [7, 11) is -1.21. The Morgan fingerprint density at radius 1 is 1.21 bits per heavy atom. The van der Waals surface area contributed by atoms with Gasteiger partial charge in [-0.05, 0) is 30.5 Å². The normalized spacial score (nSPS) is 17.8. The summed E-state index contributed by atoms with van der Waals surface area (Å²) in [6.45, 7) is 20.5. The van der Waals surface area contributed by atoms with E-state index in [1.54, 1.807) is 0 Å². The number of hydrogen-bond donors (Lipinski definition) is 0. The molecule has 1 aliphatic rings.